The summed E-state index contributed by atoms with van der Waals surface area (Å²) in [7, 11) is 7.25. The van der Waals surface area contributed by atoms with Crippen molar-refractivity contribution in [3.63, 3.8) is 0 Å². The highest BCUT2D eigenvalue weighted by Gasteiger charge is 2.09. The Hall–Kier alpha value is -2.00. The zero-order chi connectivity index (χ0) is 21.9. The van der Waals surface area contributed by atoms with E-state index in [-0.39, 0.29) is 24.0 Å². The third kappa shape index (κ3) is 8.57. The molecule has 2 aromatic rings. The van der Waals surface area contributed by atoms with Gasteiger partial charge < -0.3 is 20.1 Å². The zero-order valence-electron chi connectivity index (χ0n) is 19.6. The summed E-state index contributed by atoms with van der Waals surface area (Å²) in [6.45, 7) is 6.86. The van der Waals surface area contributed by atoms with Crippen LogP contribution in [0, 0.1) is 0 Å². The van der Waals surface area contributed by atoms with Crippen molar-refractivity contribution in [2.45, 2.75) is 39.4 Å². The second-order valence-electron chi connectivity index (χ2n) is 7.57. The fourth-order valence-corrected chi connectivity index (χ4v) is 3.10. The van der Waals surface area contributed by atoms with Gasteiger partial charge in [0.1, 0.15) is 0 Å². The van der Waals surface area contributed by atoms with E-state index in [1.165, 1.54) is 16.7 Å². The zero-order valence-corrected chi connectivity index (χ0v) is 21.9. The number of nitrogens with one attached hydrogen (secondary N) is 2. The summed E-state index contributed by atoms with van der Waals surface area (Å²) in [6.07, 6.45) is 0.858. The highest BCUT2D eigenvalue weighted by molar-refractivity contribution is 14.0. The Bertz CT molecular complexity index is 827. The van der Waals surface area contributed by atoms with E-state index in [1.54, 1.807) is 21.3 Å². The van der Waals surface area contributed by atoms with Gasteiger partial charge in [0.05, 0.1) is 14.2 Å². The molecule has 0 bridgehead atoms. The lowest BCUT2D eigenvalue weighted by Gasteiger charge is -2.23. The lowest BCUT2D eigenvalue weighted by Crippen LogP contribution is -2.38. The normalized spacial score (nSPS) is 11.3. The summed E-state index contributed by atoms with van der Waals surface area (Å²) in [5.41, 5.74) is 3.80. The topological polar surface area (TPSA) is 58.1 Å². The Morgan fingerprint density at radius 2 is 1.68 bits per heavy atom. The number of guanidine groups is 1. The summed E-state index contributed by atoms with van der Waals surface area (Å²) in [5, 5.41) is 6.82. The van der Waals surface area contributed by atoms with E-state index in [9.17, 15) is 0 Å². The molecule has 0 aliphatic rings. The van der Waals surface area contributed by atoms with E-state index in [4.69, 9.17) is 9.47 Å². The number of hydrogen-bond acceptors (Lipinski definition) is 4. The number of halogens is 1. The average Bonchev–Trinajstić information content (AvgIpc) is 2.76. The number of ether oxygens (including phenoxy) is 2. The van der Waals surface area contributed by atoms with Gasteiger partial charge in [-0.1, -0.05) is 30.3 Å². The maximum atomic E-state index is 5.38. The maximum Gasteiger partial charge on any atom is 0.191 e. The molecule has 7 heteroatoms. The molecular formula is C24H37IN4O2. The van der Waals surface area contributed by atoms with Crippen molar-refractivity contribution in [2.24, 2.45) is 4.99 Å². The average molecular weight is 540 g/mol. The number of nitrogens with zero attached hydrogens (tertiary/aromatic N) is 2. The number of methoxy groups -OCH3 is 2. The Morgan fingerprint density at radius 1 is 1.00 bits per heavy atom. The molecule has 0 amide bonds. The summed E-state index contributed by atoms with van der Waals surface area (Å²) < 4.78 is 10.7. The van der Waals surface area contributed by atoms with Crippen molar-refractivity contribution in [3.8, 4) is 11.5 Å². The van der Waals surface area contributed by atoms with E-state index < -0.39 is 0 Å². The molecule has 0 aliphatic heterocycles. The SMILES string of the molecule is CN=C(NCCc1ccc(OC)c(OC)c1)NCc1ccccc1CN(C)C(C)C.I. The summed E-state index contributed by atoms with van der Waals surface area (Å²) in [4.78, 5) is 6.70. The lowest BCUT2D eigenvalue weighted by atomic mass is 10.1. The maximum absolute atomic E-state index is 5.38. The molecule has 172 valence electrons. The van der Waals surface area contributed by atoms with E-state index >= 15 is 0 Å². The highest BCUT2D eigenvalue weighted by atomic mass is 127. The van der Waals surface area contributed by atoms with Crippen LogP contribution in [0.2, 0.25) is 0 Å². The van der Waals surface area contributed by atoms with Gasteiger partial charge in [-0.15, -0.1) is 24.0 Å². The molecular weight excluding hydrogens is 503 g/mol. The van der Waals surface area contributed by atoms with Crippen LogP contribution in [-0.4, -0.2) is 51.8 Å². The van der Waals surface area contributed by atoms with Gasteiger partial charge in [0.15, 0.2) is 17.5 Å². The first kappa shape index (κ1) is 27.0. The second kappa shape index (κ2) is 14.1. The first-order chi connectivity index (χ1) is 14.5. The molecule has 0 atom stereocenters. The van der Waals surface area contributed by atoms with Crippen molar-refractivity contribution in [1.29, 1.82) is 0 Å². The molecule has 0 saturated carbocycles. The largest absolute Gasteiger partial charge is 0.493 e. The number of aliphatic imine (C=N–C) groups is 1. The van der Waals surface area contributed by atoms with Gasteiger partial charge >= 0.3 is 0 Å². The molecule has 0 aromatic heterocycles. The highest BCUT2D eigenvalue weighted by Crippen LogP contribution is 2.27. The molecule has 0 fully saturated rings. The van der Waals surface area contributed by atoms with E-state index in [1.807, 2.05) is 12.1 Å². The Labute approximate surface area is 204 Å². The van der Waals surface area contributed by atoms with Crippen molar-refractivity contribution in [1.82, 2.24) is 15.5 Å². The van der Waals surface area contributed by atoms with Gasteiger partial charge in [-0.2, -0.15) is 0 Å². The number of rotatable bonds is 10. The quantitative estimate of drug-likeness (QED) is 0.271. The minimum Gasteiger partial charge on any atom is -0.493 e. The van der Waals surface area contributed by atoms with Gasteiger partial charge in [0.2, 0.25) is 0 Å². The lowest BCUT2D eigenvalue weighted by molar-refractivity contribution is 0.265. The first-order valence-electron chi connectivity index (χ1n) is 10.4. The van der Waals surface area contributed by atoms with Crippen LogP contribution in [-0.2, 0) is 19.5 Å². The predicted molar refractivity (Wildman–Crippen MR) is 140 cm³/mol. The minimum atomic E-state index is 0. The van der Waals surface area contributed by atoms with Crippen LogP contribution in [0.1, 0.15) is 30.5 Å². The third-order valence-corrected chi connectivity index (χ3v) is 5.24. The van der Waals surface area contributed by atoms with Gasteiger partial charge in [0, 0.05) is 32.7 Å². The van der Waals surface area contributed by atoms with Crippen LogP contribution in [0.5, 0.6) is 11.5 Å². The van der Waals surface area contributed by atoms with Gasteiger partial charge in [0.25, 0.3) is 0 Å². The van der Waals surface area contributed by atoms with Crippen LogP contribution < -0.4 is 20.1 Å². The molecule has 0 radical (unpaired) electrons. The predicted octanol–water partition coefficient (Wildman–Crippen LogP) is 4.07. The van der Waals surface area contributed by atoms with Crippen LogP contribution in [0.25, 0.3) is 0 Å². The molecule has 0 aliphatic carbocycles. The fraction of sp³-hybridized carbons (Fsp3) is 0.458. The Balaban J connectivity index is 0.00000480. The minimum absolute atomic E-state index is 0. The molecule has 0 saturated heterocycles. The van der Waals surface area contributed by atoms with Crippen molar-refractivity contribution in [3.05, 3.63) is 59.2 Å². The standard InChI is InChI=1S/C24H36N4O2.HI/c1-18(2)28(4)17-21-10-8-7-9-20(21)16-27-24(25-3)26-14-13-19-11-12-22(29-5)23(15-19)30-6;/h7-12,15,18H,13-14,16-17H2,1-6H3,(H2,25,26,27);1H. The summed E-state index contributed by atoms with van der Waals surface area (Å²) in [5.74, 6) is 2.29. The molecule has 2 N–H and O–H groups in total. The van der Waals surface area contributed by atoms with Crippen molar-refractivity contribution in [2.75, 3.05) is 34.9 Å². The van der Waals surface area contributed by atoms with Crippen molar-refractivity contribution >= 4 is 29.9 Å². The first-order valence-corrected chi connectivity index (χ1v) is 10.4. The van der Waals surface area contributed by atoms with E-state index in [0.717, 1.165) is 43.5 Å². The fourth-order valence-electron chi connectivity index (χ4n) is 3.10. The number of benzene rings is 2. The summed E-state index contributed by atoms with van der Waals surface area (Å²) >= 11 is 0. The second-order valence-corrected chi connectivity index (χ2v) is 7.57. The van der Waals surface area contributed by atoms with E-state index in [0.29, 0.717) is 6.04 Å². The Kier molecular flexibility index (Phi) is 12.3. The molecule has 31 heavy (non-hydrogen) atoms. The van der Waals surface area contributed by atoms with Crippen LogP contribution in [0.3, 0.4) is 0 Å². The molecule has 2 aromatic carbocycles. The molecule has 6 nitrogen and oxygen atoms in total. The number of hydrogen-bond donors (Lipinski definition) is 2. The molecule has 0 spiro atoms. The smallest absolute Gasteiger partial charge is 0.191 e. The third-order valence-electron chi connectivity index (χ3n) is 5.24. The Morgan fingerprint density at radius 3 is 2.29 bits per heavy atom. The molecule has 2 rings (SSSR count). The molecule has 0 unspecified atom stereocenters. The van der Waals surface area contributed by atoms with Crippen molar-refractivity contribution < 1.29 is 9.47 Å². The van der Waals surface area contributed by atoms with E-state index in [2.05, 4.69) is 71.8 Å². The van der Waals surface area contributed by atoms with Gasteiger partial charge in [-0.25, -0.2) is 0 Å². The van der Waals surface area contributed by atoms with Gasteiger partial charge in [-0.05, 0) is 56.1 Å². The monoisotopic (exact) mass is 540 g/mol. The molecule has 0 heterocycles. The summed E-state index contributed by atoms with van der Waals surface area (Å²) in [6, 6.07) is 15.1. The van der Waals surface area contributed by atoms with Crippen LogP contribution in [0.4, 0.5) is 0 Å². The van der Waals surface area contributed by atoms with Crippen LogP contribution in [0.15, 0.2) is 47.5 Å². The van der Waals surface area contributed by atoms with Crippen LogP contribution >= 0.6 is 24.0 Å². The van der Waals surface area contributed by atoms with Gasteiger partial charge in [-0.3, -0.25) is 9.89 Å².